The van der Waals surface area contributed by atoms with Crippen LogP contribution in [0, 0.1) is 29.1 Å². The molecule has 4 fully saturated rings. The van der Waals surface area contributed by atoms with Gasteiger partial charge in [0.15, 0.2) is 0 Å². The van der Waals surface area contributed by atoms with E-state index < -0.39 is 6.04 Å². The van der Waals surface area contributed by atoms with E-state index in [1.807, 2.05) is 32.0 Å². The number of carbonyl (C=O) groups excluding carboxylic acids is 2. The van der Waals surface area contributed by atoms with E-state index in [4.69, 9.17) is 0 Å². The summed E-state index contributed by atoms with van der Waals surface area (Å²) in [5, 5.41) is 6.28. The largest absolute Gasteiger partial charge is 0.351 e. The van der Waals surface area contributed by atoms with Crippen molar-refractivity contribution in [1.82, 2.24) is 10.6 Å². The molecule has 2 N–H and O–H groups in total. The zero-order valence-corrected chi connectivity index (χ0v) is 17.4. The standard InChI is InChI=1S/C24H34N2O2/c1-15(2)21(26-22(27)20-7-5-4-6-8-20)23(28)25-16(3)24-12-17-9-18(13-24)11-19(10-17)14-24/h4-8,15-19,21H,9-14H2,1-3H3,(H,25,28)(H,26,27)/t16?,17?,18?,19?,21-,24?/m0/s1. The van der Waals surface area contributed by atoms with Gasteiger partial charge in [-0.25, -0.2) is 0 Å². The molecule has 4 aliphatic rings. The third-order valence-electron chi connectivity index (χ3n) is 7.63. The molecule has 0 aromatic heterocycles. The minimum Gasteiger partial charge on any atom is -0.351 e. The molecule has 2 amide bonds. The summed E-state index contributed by atoms with van der Waals surface area (Å²) < 4.78 is 0. The Morgan fingerprint density at radius 3 is 1.93 bits per heavy atom. The highest BCUT2D eigenvalue weighted by Gasteiger charge is 2.53. The van der Waals surface area contributed by atoms with E-state index in [0.717, 1.165) is 17.8 Å². The van der Waals surface area contributed by atoms with Crippen LogP contribution in [0.4, 0.5) is 0 Å². The molecule has 0 saturated heterocycles. The van der Waals surface area contributed by atoms with Gasteiger partial charge in [0.2, 0.25) is 5.91 Å². The van der Waals surface area contributed by atoms with Gasteiger partial charge in [0, 0.05) is 11.6 Å². The molecule has 2 atom stereocenters. The Labute approximate surface area is 168 Å². The first kappa shape index (κ1) is 19.5. The Kier molecular flexibility index (Phi) is 5.24. The van der Waals surface area contributed by atoms with E-state index in [-0.39, 0.29) is 29.2 Å². The van der Waals surface area contributed by atoms with Gasteiger partial charge >= 0.3 is 0 Å². The first-order chi connectivity index (χ1) is 13.4. The molecule has 1 unspecified atom stereocenters. The molecular formula is C24H34N2O2. The van der Waals surface area contributed by atoms with Crippen molar-refractivity contribution >= 4 is 11.8 Å². The van der Waals surface area contributed by atoms with E-state index in [2.05, 4.69) is 17.6 Å². The van der Waals surface area contributed by atoms with Crippen molar-refractivity contribution in [1.29, 1.82) is 0 Å². The monoisotopic (exact) mass is 382 g/mol. The fourth-order valence-corrected chi connectivity index (χ4v) is 6.51. The molecule has 0 radical (unpaired) electrons. The van der Waals surface area contributed by atoms with Gasteiger partial charge in [-0.1, -0.05) is 32.0 Å². The average Bonchev–Trinajstić information content (AvgIpc) is 2.65. The van der Waals surface area contributed by atoms with Crippen LogP contribution < -0.4 is 10.6 Å². The summed E-state index contributed by atoms with van der Waals surface area (Å²) >= 11 is 0. The highest BCUT2D eigenvalue weighted by Crippen LogP contribution is 2.61. The summed E-state index contributed by atoms with van der Waals surface area (Å²) in [6.45, 7) is 6.18. The van der Waals surface area contributed by atoms with Crippen LogP contribution in [0.3, 0.4) is 0 Å². The first-order valence-electron chi connectivity index (χ1n) is 11.0. The van der Waals surface area contributed by atoms with Gasteiger partial charge in [-0.15, -0.1) is 0 Å². The lowest BCUT2D eigenvalue weighted by atomic mass is 9.48. The predicted molar refractivity (Wildman–Crippen MR) is 111 cm³/mol. The number of hydrogen-bond donors (Lipinski definition) is 2. The molecule has 1 aromatic rings. The van der Waals surface area contributed by atoms with Crippen LogP contribution >= 0.6 is 0 Å². The van der Waals surface area contributed by atoms with Crippen molar-refractivity contribution in [3.05, 3.63) is 35.9 Å². The maximum Gasteiger partial charge on any atom is 0.251 e. The van der Waals surface area contributed by atoms with Crippen molar-refractivity contribution in [2.45, 2.75) is 71.4 Å². The van der Waals surface area contributed by atoms with Crippen LogP contribution in [-0.2, 0) is 4.79 Å². The smallest absolute Gasteiger partial charge is 0.251 e. The van der Waals surface area contributed by atoms with Crippen molar-refractivity contribution in [2.24, 2.45) is 29.1 Å². The fraction of sp³-hybridized carbons (Fsp3) is 0.667. The van der Waals surface area contributed by atoms with Crippen molar-refractivity contribution in [3.8, 4) is 0 Å². The van der Waals surface area contributed by atoms with Gasteiger partial charge in [-0.3, -0.25) is 9.59 Å². The minimum atomic E-state index is -0.510. The van der Waals surface area contributed by atoms with Crippen LogP contribution in [0.1, 0.15) is 69.7 Å². The Hall–Kier alpha value is -1.84. The summed E-state index contributed by atoms with van der Waals surface area (Å²) in [6, 6.07) is 8.79. The molecule has 28 heavy (non-hydrogen) atoms. The van der Waals surface area contributed by atoms with E-state index in [1.54, 1.807) is 12.1 Å². The Balaban J connectivity index is 1.42. The van der Waals surface area contributed by atoms with E-state index in [0.29, 0.717) is 5.56 Å². The Morgan fingerprint density at radius 1 is 0.893 bits per heavy atom. The van der Waals surface area contributed by atoms with Crippen LogP contribution in [0.2, 0.25) is 0 Å². The van der Waals surface area contributed by atoms with Crippen molar-refractivity contribution in [3.63, 3.8) is 0 Å². The topological polar surface area (TPSA) is 58.2 Å². The third-order valence-corrected chi connectivity index (χ3v) is 7.63. The van der Waals surface area contributed by atoms with Gasteiger partial charge in [0.25, 0.3) is 5.91 Å². The van der Waals surface area contributed by atoms with Gasteiger partial charge < -0.3 is 10.6 Å². The molecule has 4 heteroatoms. The lowest BCUT2D eigenvalue weighted by molar-refractivity contribution is -0.128. The summed E-state index contributed by atoms with van der Waals surface area (Å²) in [4.78, 5) is 25.7. The number of nitrogens with one attached hydrogen (secondary N) is 2. The van der Waals surface area contributed by atoms with Crippen LogP contribution in [0.5, 0.6) is 0 Å². The highest BCUT2D eigenvalue weighted by atomic mass is 16.2. The quantitative estimate of drug-likeness (QED) is 0.776. The molecular weight excluding hydrogens is 348 g/mol. The molecule has 4 bridgehead atoms. The molecule has 5 rings (SSSR count). The van der Waals surface area contributed by atoms with Crippen molar-refractivity contribution in [2.75, 3.05) is 0 Å². The normalized spacial score (nSPS) is 32.8. The van der Waals surface area contributed by atoms with E-state index >= 15 is 0 Å². The maximum atomic E-state index is 13.1. The second-order valence-corrected chi connectivity index (χ2v) is 10.1. The molecule has 4 saturated carbocycles. The number of rotatable bonds is 6. The maximum absolute atomic E-state index is 13.1. The fourth-order valence-electron chi connectivity index (χ4n) is 6.51. The van der Waals surface area contributed by atoms with Crippen LogP contribution in [0.15, 0.2) is 30.3 Å². The predicted octanol–water partition coefficient (Wildman–Crippen LogP) is 4.16. The minimum absolute atomic E-state index is 0.0382. The number of hydrogen-bond acceptors (Lipinski definition) is 2. The zero-order chi connectivity index (χ0) is 19.9. The van der Waals surface area contributed by atoms with Gasteiger partial charge in [0.1, 0.15) is 6.04 Å². The number of amides is 2. The second-order valence-electron chi connectivity index (χ2n) is 10.1. The van der Waals surface area contributed by atoms with Gasteiger partial charge in [-0.05, 0) is 86.7 Å². The molecule has 0 spiro atoms. The number of benzene rings is 1. The Morgan fingerprint density at radius 2 is 1.43 bits per heavy atom. The summed E-state index contributed by atoms with van der Waals surface area (Å²) in [5.41, 5.74) is 0.866. The molecule has 0 aliphatic heterocycles. The third kappa shape index (κ3) is 3.70. The SMILES string of the molecule is CC(C)[C@H](NC(=O)c1ccccc1)C(=O)NC(C)C12CC3CC(CC(C3)C1)C2. The summed E-state index contributed by atoms with van der Waals surface area (Å²) in [6.07, 6.45) is 8.01. The van der Waals surface area contributed by atoms with Crippen molar-refractivity contribution < 1.29 is 9.59 Å². The molecule has 4 aliphatic carbocycles. The van der Waals surface area contributed by atoms with Gasteiger partial charge in [0.05, 0.1) is 0 Å². The van der Waals surface area contributed by atoms with E-state index in [1.165, 1.54) is 38.5 Å². The lowest BCUT2D eigenvalue weighted by Gasteiger charge is -2.59. The lowest BCUT2D eigenvalue weighted by Crippen LogP contribution is -2.59. The van der Waals surface area contributed by atoms with Crippen LogP contribution in [0.25, 0.3) is 0 Å². The highest BCUT2D eigenvalue weighted by molar-refractivity contribution is 5.97. The zero-order valence-electron chi connectivity index (χ0n) is 17.4. The summed E-state index contributed by atoms with van der Waals surface area (Å²) in [7, 11) is 0. The molecule has 0 heterocycles. The van der Waals surface area contributed by atoms with E-state index in [9.17, 15) is 9.59 Å². The molecule has 152 valence electrons. The first-order valence-corrected chi connectivity index (χ1v) is 11.0. The summed E-state index contributed by atoms with van der Waals surface area (Å²) in [5.74, 6) is 2.41. The Bertz CT molecular complexity index is 692. The average molecular weight is 383 g/mol. The molecule has 1 aromatic carbocycles. The second kappa shape index (κ2) is 7.53. The van der Waals surface area contributed by atoms with Gasteiger partial charge in [-0.2, -0.15) is 0 Å². The number of carbonyl (C=O) groups is 2. The van der Waals surface area contributed by atoms with Crippen LogP contribution in [-0.4, -0.2) is 23.9 Å². The molecule has 4 nitrogen and oxygen atoms in total.